The Morgan fingerprint density at radius 2 is 1.34 bits per heavy atom. The molecule has 3 heterocycles. The minimum Gasteiger partial charge on any atom is -0.449 e. The monoisotopic (exact) mass is 778 g/mol. The van der Waals surface area contributed by atoms with Gasteiger partial charge in [-0.15, -0.1) is 0 Å². The number of piperazine rings is 1. The number of pyridine rings is 2. The van der Waals surface area contributed by atoms with Gasteiger partial charge in [0.05, 0.1) is 6.61 Å². The quantitative estimate of drug-likeness (QED) is 0.108. The third-order valence-corrected chi connectivity index (χ3v) is 7.95. The van der Waals surface area contributed by atoms with Gasteiger partial charge in [0.25, 0.3) is 0 Å². The molecule has 56 heavy (non-hydrogen) atoms. The van der Waals surface area contributed by atoms with Gasteiger partial charge in [-0.1, -0.05) is 18.2 Å². The molecule has 0 unspecified atom stereocenters. The van der Waals surface area contributed by atoms with Gasteiger partial charge in [0, 0.05) is 57.4 Å². The minimum absolute atomic E-state index is 0.0576. The lowest BCUT2D eigenvalue weighted by Crippen LogP contribution is -2.50. The van der Waals surface area contributed by atoms with E-state index in [2.05, 4.69) is 31.2 Å². The summed E-state index contributed by atoms with van der Waals surface area (Å²) in [7, 11) is 0. The Bertz CT molecular complexity index is 1830. The molecule has 0 saturated carbocycles. The van der Waals surface area contributed by atoms with Crippen LogP contribution in [0.4, 0.5) is 36.6 Å². The van der Waals surface area contributed by atoms with Crippen molar-refractivity contribution < 1.29 is 38.1 Å². The normalized spacial score (nSPS) is 13.4. The van der Waals surface area contributed by atoms with Crippen LogP contribution in [-0.2, 0) is 18.9 Å². The summed E-state index contributed by atoms with van der Waals surface area (Å²) in [5.74, 6) is 1.58. The third-order valence-electron chi connectivity index (χ3n) is 7.95. The van der Waals surface area contributed by atoms with E-state index in [0.717, 1.165) is 27.7 Å². The minimum atomic E-state index is -0.698. The fourth-order valence-electron chi connectivity index (χ4n) is 5.61. The van der Waals surface area contributed by atoms with Gasteiger partial charge in [0.15, 0.2) is 0 Å². The van der Waals surface area contributed by atoms with Gasteiger partial charge in [0.2, 0.25) is 0 Å². The van der Waals surface area contributed by atoms with Crippen LogP contribution in [0.25, 0.3) is 21.9 Å². The van der Waals surface area contributed by atoms with Crippen LogP contribution in [0.15, 0.2) is 42.6 Å². The van der Waals surface area contributed by atoms with Gasteiger partial charge in [-0.05, 0) is 110 Å². The molecule has 1 fully saturated rings. The molecule has 0 atom stereocenters. The number of carbonyl (C=O) groups excluding carboxylic acids is 4. The standard InChI is InChI=1S/C40H58N8O8/c1-38(2,3)54-34(49)43-17-11-16-42-33-29-14-10-13-28(27-15-19-41-32(25-27)47-20-22-48(23-21-47)37(52)56-40(7,8)9)30(29)26-31(45-33)46-36(51)53-24-12-18-44-35(50)55-39(4,5)6/h10,13-15,19,25-26H,11-12,16-18,20-24H2,1-9H3,(H,43,49)(H,44,50)(H2,42,45,46,51). The molecule has 1 saturated heterocycles. The van der Waals surface area contributed by atoms with Crippen molar-refractivity contribution in [1.82, 2.24) is 25.5 Å². The predicted octanol–water partition coefficient (Wildman–Crippen LogP) is 7.14. The number of fused-ring (bicyclic) bond motifs is 1. The van der Waals surface area contributed by atoms with E-state index < -0.39 is 35.1 Å². The molecular formula is C40H58N8O8. The topological polar surface area (TPSA) is 186 Å². The molecule has 0 aliphatic carbocycles. The summed E-state index contributed by atoms with van der Waals surface area (Å²) >= 11 is 0. The molecule has 4 N–H and O–H groups in total. The van der Waals surface area contributed by atoms with Crippen LogP contribution in [0.1, 0.15) is 75.2 Å². The number of hydrogen-bond acceptors (Lipinski definition) is 12. The fourth-order valence-corrected chi connectivity index (χ4v) is 5.61. The lowest BCUT2D eigenvalue weighted by Gasteiger charge is -2.36. The van der Waals surface area contributed by atoms with Crippen LogP contribution in [0.2, 0.25) is 0 Å². The van der Waals surface area contributed by atoms with Gasteiger partial charge in [-0.3, -0.25) is 5.32 Å². The Morgan fingerprint density at radius 3 is 1.96 bits per heavy atom. The van der Waals surface area contributed by atoms with Gasteiger partial charge < -0.3 is 44.7 Å². The maximum Gasteiger partial charge on any atom is 0.412 e. The van der Waals surface area contributed by atoms with E-state index in [1.165, 1.54) is 0 Å². The molecule has 4 rings (SSSR count). The molecule has 306 valence electrons. The van der Waals surface area contributed by atoms with Crippen LogP contribution in [0.5, 0.6) is 0 Å². The lowest BCUT2D eigenvalue weighted by atomic mass is 9.99. The van der Waals surface area contributed by atoms with E-state index in [4.69, 9.17) is 23.9 Å². The molecule has 0 radical (unpaired) electrons. The molecule has 1 aliphatic rings. The predicted molar refractivity (Wildman–Crippen MR) is 216 cm³/mol. The Morgan fingerprint density at radius 1 is 0.714 bits per heavy atom. The molecule has 16 nitrogen and oxygen atoms in total. The molecule has 0 spiro atoms. The number of ether oxygens (including phenoxy) is 4. The Labute approximate surface area is 329 Å². The maximum absolute atomic E-state index is 12.9. The van der Waals surface area contributed by atoms with Crippen LogP contribution in [0.3, 0.4) is 0 Å². The molecule has 4 amide bonds. The Kier molecular flexibility index (Phi) is 14.6. The summed E-state index contributed by atoms with van der Waals surface area (Å²) in [5, 5.41) is 13.2. The first-order valence-corrected chi connectivity index (χ1v) is 19.0. The first-order valence-electron chi connectivity index (χ1n) is 19.0. The second-order valence-corrected chi connectivity index (χ2v) is 16.4. The number of nitrogens with zero attached hydrogens (tertiary/aromatic N) is 4. The largest absolute Gasteiger partial charge is 0.449 e. The lowest BCUT2D eigenvalue weighted by molar-refractivity contribution is 0.0239. The fraction of sp³-hybridized carbons (Fsp3) is 0.550. The molecule has 1 aliphatic heterocycles. The highest BCUT2D eigenvalue weighted by atomic mass is 16.6. The van der Waals surface area contributed by atoms with Gasteiger partial charge >= 0.3 is 24.4 Å². The highest BCUT2D eigenvalue weighted by molar-refractivity contribution is 6.04. The smallest absolute Gasteiger partial charge is 0.412 e. The molecular weight excluding hydrogens is 720 g/mol. The van der Waals surface area contributed by atoms with Crippen molar-refractivity contribution in [3.63, 3.8) is 0 Å². The number of aromatic nitrogens is 2. The van der Waals surface area contributed by atoms with Crippen molar-refractivity contribution in [2.75, 3.05) is 68.0 Å². The maximum atomic E-state index is 12.9. The number of hydrogen-bond donors (Lipinski definition) is 4. The zero-order valence-corrected chi connectivity index (χ0v) is 34.2. The second-order valence-electron chi connectivity index (χ2n) is 16.4. The second kappa shape index (κ2) is 18.9. The van der Waals surface area contributed by atoms with Crippen molar-refractivity contribution in [3.05, 3.63) is 42.6 Å². The van der Waals surface area contributed by atoms with Crippen molar-refractivity contribution in [3.8, 4) is 11.1 Å². The van der Waals surface area contributed by atoms with Gasteiger partial charge in [0.1, 0.15) is 34.3 Å². The summed E-state index contributed by atoms with van der Waals surface area (Å²) in [6.45, 7) is 19.7. The van der Waals surface area contributed by atoms with E-state index in [1.54, 1.807) is 37.9 Å². The summed E-state index contributed by atoms with van der Waals surface area (Å²) in [5.41, 5.74) is 0.0171. The van der Waals surface area contributed by atoms with Crippen LogP contribution in [-0.4, -0.2) is 108 Å². The number of carbonyl (C=O) groups is 4. The van der Waals surface area contributed by atoms with Crippen LogP contribution >= 0.6 is 0 Å². The molecule has 16 heteroatoms. The van der Waals surface area contributed by atoms with Crippen molar-refractivity contribution >= 4 is 52.6 Å². The summed E-state index contributed by atoms with van der Waals surface area (Å²) in [4.78, 5) is 62.8. The molecule has 2 aromatic heterocycles. The Hall–Kier alpha value is -5.54. The number of rotatable bonds is 12. The van der Waals surface area contributed by atoms with Gasteiger partial charge in [-0.2, -0.15) is 0 Å². The van der Waals surface area contributed by atoms with Crippen molar-refractivity contribution in [2.45, 2.75) is 92.0 Å². The highest BCUT2D eigenvalue weighted by Crippen LogP contribution is 2.35. The average Bonchev–Trinajstić information content (AvgIpc) is 3.09. The summed E-state index contributed by atoms with van der Waals surface area (Å²) < 4.78 is 21.5. The number of amides is 4. The first-order chi connectivity index (χ1) is 26.3. The zero-order chi connectivity index (χ0) is 41.1. The number of nitrogens with one attached hydrogen (secondary N) is 4. The van der Waals surface area contributed by atoms with E-state index in [-0.39, 0.29) is 25.1 Å². The van der Waals surface area contributed by atoms with Crippen LogP contribution in [0, 0.1) is 0 Å². The zero-order valence-electron chi connectivity index (χ0n) is 34.2. The van der Waals surface area contributed by atoms with Gasteiger partial charge in [-0.25, -0.2) is 29.1 Å². The number of alkyl carbamates (subject to hydrolysis) is 2. The molecule has 3 aromatic rings. The van der Waals surface area contributed by atoms with E-state index >= 15 is 0 Å². The van der Waals surface area contributed by atoms with Crippen LogP contribution < -0.4 is 26.2 Å². The highest BCUT2D eigenvalue weighted by Gasteiger charge is 2.27. The number of anilines is 3. The van der Waals surface area contributed by atoms with E-state index in [1.807, 2.05) is 71.9 Å². The Balaban J connectivity index is 1.50. The third kappa shape index (κ3) is 14.3. The summed E-state index contributed by atoms with van der Waals surface area (Å²) in [6, 6.07) is 11.6. The summed E-state index contributed by atoms with van der Waals surface area (Å²) in [6.07, 6.45) is 0.668. The van der Waals surface area contributed by atoms with Crippen molar-refractivity contribution in [2.24, 2.45) is 0 Å². The average molecular weight is 779 g/mol. The van der Waals surface area contributed by atoms with E-state index in [9.17, 15) is 19.2 Å². The van der Waals surface area contributed by atoms with Crippen molar-refractivity contribution in [1.29, 1.82) is 0 Å². The first kappa shape index (κ1) is 43.2. The molecule has 1 aromatic carbocycles. The molecule has 0 bridgehead atoms. The van der Waals surface area contributed by atoms with E-state index in [0.29, 0.717) is 57.9 Å². The SMILES string of the molecule is CC(C)(C)OC(=O)NCCCNc1nc(NC(=O)OCCCNC(=O)OC(C)(C)C)cc2c(-c3ccnc(N4CCN(C(=O)OC(C)(C)C)CC4)c3)cccc12. The number of benzene rings is 1.